The van der Waals surface area contributed by atoms with Gasteiger partial charge in [-0.15, -0.1) is 11.3 Å². The zero-order chi connectivity index (χ0) is 10.4. The first-order valence-electron chi connectivity index (χ1n) is 4.06. The molecule has 0 atom stereocenters. The number of hydrazine groups is 1. The first-order valence-corrected chi connectivity index (χ1v) is 6.03. The summed E-state index contributed by atoms with van der Waals surface area (Å²) in [5, 5.41) is 8.58. The molecule has 0 fully saturated rings. The lowest BCUT2D eigenvalue weighted by atomic mass is 10.4. The second kappa shape index (κ2) is 6.02. The van der Waals surface area contributed by atoms with Crippen molar-refractivity contribution in [3.8, 4) is 0 Å². The number of amides is 1. The highest BCUT2D eigenvalue weighted by atomic mass is 32.2. The van der Waals surface area contributed by atoms with Crippen LogP contribution in [0.3, 0.4) is 0 Å². The van der Waals surface area contributed by atoms with Crippen LogP contribution in [0.5, 0.6) is 0 Å². The van der Waals surface area contributed by atoms with Crippen LogP contribution in [-0.4, -0.2) is 23.4 Å². The number of aliphatic hydroxyl groups is 1. The molecule has 0 aliphatic rings. The van der Waals surface area contributed by atoms with Gasteiger partial charge in [0.1, 0.15) is 0 Å². The first-order chi connectivity index (χ1) is 6.77. The van der Waals surface area contributed by atoms with Gasteiger partial charge in [0.15, 0.2) is 0 Å². The van der Waals surface area contributed by atoms with Crippen LogP contribution >= 0.6 is 23.1 Å². The summed E-state index contributed by atoms with van der Waals surface area (Å²) < 4.78 is 0. The standard InChI is InChI=1S/C8H12N2O2S2/c9-10-8(12)7-2-1-6(14-7)5-13-4-3-11/h1-2,11H,3-5,9H2,(H,10,12). The Labute approximate surface area is 90.5 Å². The molecule has 1 heterocycles. The lowest BCUT2D eigenvalue weighted by Gasteiger charge is -1.95. The topological polar surface area (TPSA) is 75.3 Å². The smallest absolute Gasteiger partial charge is 0.275 e. The van der Waals surface area contributed by atoms with Gasteiger partial charge in [-0.2, -0.15) is 11.8 Å². The Bertz CT molecular complexity index is 301. The van der Waals surface area contributed by atoms with Crippen LogP contribution in [0.2, 0.25) is 0 Å². The maximum atomic E-state index is 11.1. The van der Waals surface area contributed by atoms with E-state index in [0.717, 1.165) is 16.4 Å². The van der Waals surface area contributed by atoms with Crippen molar-refractivity contribution >= 4 is 29.0 Å². The molecule has 0 saturated heterocycles. The molecule has 78 valence electrons. The summed E-state index contributed by atoms with van der Waals surface area (Å²) in [7, 11) is 0. The van der Waals surface area contributed by atoms with Gasteiger partial charge >= 0.3 is 0 Å². The molecule has 0 saturated carbocycles. The lowest BCUT2D eigenvalue weighted by molar-refractivity contribution is 0.0957. The largest absolute Gasteiger partial charge is 0.396 e. The van der Waals surface area contributed by atoms with Gasteiger partial charge in [0.2, 0.25) is 0 Å². The molecular weight excluding hydrogens is 220 g/mol. The van der Waals surface area contributed by atoms with E-state index in [0.29, 0.717) is 4.88 Å². The number of nitrogens with one attached hydrogen (secondary N) is 1. The summed E-state index contributed by atoms with van der Waals surface area (Å²) in [4.78, 5) is 12.8. The number of nitrogen functional groups attached to an aromatic ring is 1. The molecule has 4 N–H and O–H groups in total. The molecule has 0 unspecified atom stereocenters. The van der Waals surface area contributed by atoms with Gasteiger partial charge in [-0.1, -0.05) is 0 Å². The van der Waals surface area contributed by atoms with Crippen molar-refractivity contribution in [2.75, 3.05) is 12.4 Å². The SMILES string of the molecule is NNC(=O)c1ccc(CSCCO)s1. The Kier molecular flexibility index (Phi) is 4.95. The Balaban J connectivity index is 2.46. The molecule has 0 aliphatic heterocycles. The third-order valence-electron chi connectivity index (χ3n) is 1.50. The third-order valence-corrected chi connectivity index (χ3v) is 3.75. The Morgan fingerprint density at radius 3 is 3.07 bits per heavy atom. The summed E-state index contributed by atoms with van der Waals surface area (Å²) in [6.45, 7) is 0.187. The lowest BCUT2D eigenvalue weighted by Crippen LogP contribution is -2.29. The van der Waals surface area contributed by atoms with E-state index >= 15 is 0 Å². The second-order valence-electron chi connectivity index (χ2n) is 2.52. The zero-order valence-corrected chi connectivity index (χ0v) is 9.16. The summed E-state index contributed by atoms with van der Waals surface area (Å²) in [5.41, 5.74) is 2.09. The number of hydrogen-bond donors (Lipinski definition) is 3. The number of aliphatic hydroxyl groups excluding tert-OH is 1. The fourth-order valence-corrected chi connectivity index (χ4v) is 2.65. The van der Waals surface area contributed by atoms with Crippen LogP contribution in [0.1, 0.15) is 14.5 Å². The molecule has 0 radical (unpaired) electrons. The summed E-state index contributed by atoms with van der Waals surface area (Å²) >= 11 is 3.06. The Hall–Kier alpha value is -0.560. The second-order valence-corrected chi connectivity index (χ2v) is 4.79. The van der Waals surface area contributed by atoms with E-state index < -0.39 is 0 Å². The Morgan fingerprint density at radius 1 is 1.64 bits per heavy atom. The number of carbonyl (C=O) groups excluding carboxylic acids is 1. The molecule has 1 rings (SSSR count). The minimum atomic E-state index is -0.256. The number of hydrogen-bond acceptors (Lipinski definition) is 5. The van der Waals surface area contributed by atoms with Crippen LogP contribution < -0.4 is 11.3 Å². The molecule has 0 bridgehead atoms. The molecule has 1 amide bonds. The minimum absolute atomic E-state index is 0.187. The molecule has 0 spiro atoms. The van der Waals surface area contributed by atoms with Gasteiger partial charge in [-0.05, 0) is 12.1 Å². The maximum absolute atomic E-state index is 11.1. The Morgan fingerprint density at radius 2 is 2.43 bits per heavy atom. The minimum Gasteiger partial charge on any atom is -0.396 e. The van der Waals surface area contributed by atoms with Gasteiger partial charge in [0, 0.05) is 16.4 Å². The van der Waals surface area contributed by atoms with Crippen molar-refractivity contribution in [1.82, 2.24) is 5.43 Å². The van der Waals surface area contributed by atoms with Crippen LogP contribution in [0.15, 0.2) is 12.1 Å². The first kappa shape index (κ1) is 11.5. The van der Waals surface area contributed by atoms with E-state index in [9.17, 15) is 4.79 Å². The maximum Gasteiger partial charge on any atom is 0.275 e. The van der Waals surface area contributed by atoms with Crippen molar-refractivity contribution < 1.29 is 9.90 Å². The number of nitrogens with two attached hydrogens (primary N) is 1. The summed E-state index contributed by atoms with van der Waals surface area (Å²) in [6, 6.07) is 3.65. The predicted molar refractivity (Wildman–Crippen MR) is 59.2 cm³/mol. The van der Waals surface area contributed by atoms with Crippen LogP contribution in [0.4, 0.5) is 0 Å². The van der Waals surface area contributed by atoms with Crippen LogP contribution in [0.25, 0.3) is 0 Å². The molecule has 6 heteroatoms. The van der Waals surface area contributed by atoms with E-state index in [2.05, 4.69) is 5.43 Å². The monoisotopic (exact) mass is 232 g/mol. The van der Waals surface area contributed by atoms with Crippen molar-refractivity contribution in [2.24, 2.45) is 5.84 Å². The van der Waals surface area contributed by atoms with Gasteiger partial charge < -0.3 is 5.11 Å². The van der Waals surface area contributed by atoms with Gasteiger partial charge in [-0.25, -0.2) is 5.84 Å². The van der Waals surface area contributed by atoms with Gasteiger partial charge in [-0.3, -0.25) is 10.2 Å². The van der Waals surface area contributed by atoms with E-state index in [1.807, 2.05) is 6.07 Å². The molecular formula is C8H12N2O2S2. The average molecular weight is 232 g/mol. The molecule has 0 aliphatic carbocycles. The van der Waals surface area contributed by atoms with Crippen molar-refractivity contribution in [2.45, 2.75) is 5.75 Å². The third kappa shape index (κ3) is 3.30. The summed E-state index contributed by atoms with van der Waals surface area (Å²) in [5.74, 6) is 6.29. The molecule has 14 heavy (non-hydrogen) atoms. The van der Waals surface area contributed by atoms with E-state index in [-0.39, 0.29) is 12.5 Å². The number of rotatable bonds is 5. The molecule has 1 aromatic rings. The van der Waals surface area contributed by atoms with Crippen molar-refractivity contribution in [3.05, 3.63) is 21.9 Å². The fraction of sp³-hybridized carbons (Fsp3) is 0.375. The number of thiophene rings is 1. The van der Waals surface area contributed by atoms with E-state index in [1.54, 1.807) is 17.8 Å². The predicted octanol–water partition coefficient (Wildman–Crippen LogP) is 0.577. The summed E-state index contributed by atoms with van der Waals surface area (Å²) in [6.07, 6.45) is 0. The van der Waals surface area contributed by atoms with Crippen molar-refractivity contribution in [1.29, 1.82) is 0 Å². The van der Waals surface area contributed by atoms with Gasteiger partial charge in [0.05, 0.1) is 11.5 Å². The van der Waals surface area contributed by atoms with Crippen molar-refractivity contribution in [3.63, 3.8) is 0 Å². The molecule has 0 aromatic carbocycles. The molecule has 1 aromatic heterocycles. The van der Waals surface area contributed by atoms with Gasteiger partial charge in [0.25, 0.3) is 5.91 Å². The quantitative estimate of drug-likeness (QED) is 0.300. The normalized spacial score (nSPS) is 10.1. The highest BCUT2D eigenvalue weighted by Gasteiger charge is 2.06. The van der Waals surface area contributed by atoms with E-state index in [4.69, 9.17) is 10.9 Å². The van der Waals surface area contributed by atoms with Crippen LogP contribution in [0, 0.1) is 0 Å². The fourth-order valence-electron chi connectivity index (χ4n) is 0.886. The number of carbonyl (C=O) groups is 1. The highest BCUT2D eigenvalue weighted by molar-refractivity contribution is 7.98. The van der Waals surface area contributed by atoms with Crippen LogP contribution in [-0.2, 0) is 5.75 Å². The highest BCUT2D eigenvalue weighted by Crippen LogP contribution is 2.21. The number of thioether (sulfide) groups is 1. The van der Waals surface area contributed by atoms with E-state index in [1.165, 1.54) is 11.3 Å². The molecule has 4 nitrogen and oxygen atoms in total. The zero-order valence-electron chi connectivity index (χ0n) is 7.53. The average Bonchev–Trinajstić information content (AvgIpc) is 2.66.